The van der Waals surface area contributed by atoms with Gasteiger partial charge in [0, 0.05) is 5.56 Å². The number of nitrogens with zero attached hydrogens (tertiary/aromatic N) is 1. The fourth-order valence-corrected chi connectivity index (χ4v) is 1.83. The number of phenolic OH excluding ortho intramolecular Hbond substituents is 1. The molecule has 1 aromatic heterocycles. The third-order valence-corrected chi connectivity index (χ3v) is 2.75. The van der Waals surface area contributed by atoms with Crippen molar-refractivity contribution in [1.29, 1.82) is 0 Å². The average Bonchev–Trinajstić information content (AvgIpc) is 2.29. The Morgan fingerprint density at radius 2 is 1.61 bits per heavy atom. The molecule has 18 heavy (non-hydrogen) atoms. The largest absolute Gasteiger partial charge is 0.508 e. The molecule has 1 heterocycles. The average molecular weight is 318 g/mol. The number of rotatable bonds is 1. The van der Waals surface area contributed by atoms with E-state index in [0.717, 1.165) is 0 Å². The van der Waals surface area contributed by atoms with Crippen LogP contribution in [0.2, 0.25) is 0 Å². The van der Waals surface area contributed by atoms with Crippen LogP contribution in [0.25, 0.3) is 11.1 Å². The van der Waals surface area contributed by atoms with Crippen LogP contribution >= 0.6 is 15.9 Å². The lowest BCUT2D eigenvalue weighted by Gasteiger charge is -2.12. The van der Waals surface area contributed by atoms with E-state index in [1.54, 1.807) is 0 Å². The Morgan fingerprint density at radius 1 is 1.00 bits per heavy atom. The Morgan fingerprint density at radius 3 is 2.17 bits per heavy atom. The molecule has 0 aliphatic heterocycles. The maximum absolute atomic E-state index is 12.9. The van der Waals surface area contributed by atoms with Gasteiger partial charge in [-0.25, -0.2) is 4.98 Å². The van der Waals surface area contributed by atoms with Gasteiger partial charge in [0.2, 0.25) is 0 Å². The highest BCUT2D eigenvalue weighted by molar-refractivity contribution is 9.10. The molecule has 0 amide bonds. The van der Waals surface area contributed by atoms with Crippen molar-refractivity contribution in [3.05, 3.63) is 46.7 Å². The maximum atomic E-state index is 12.9. The molecule has 0 saturated heterocycles. The summed E-state index contributed by atoms with van der Waals surface area (Å²) in [6.45, 7) is 0. The van der Waals surface area contributed by atoms with Gasteiger partial charge in [0.15, 0.2) is 5.69 Å². The zero-order chi connectivity index (χ0) is 13.3. The van der Waals surface area contributed by atoms with E-state index in [0.29, 0.717) is 5.56 Å². The fraction of sp³-hybridized carbons (Fsp3) is 0.0833. The van der Waals surface area contributed by atoms with Crippen LogP contribution in [0.1, 0.15) is 5.69 Å². The van der Waals surface area contributed by atoms with Gasteiger partial charge in [0.1, 0.15) is 10.4 Å². The van der Waals surface area contributed by atoms with Crippen LogP contribution in [0.5, 0.6) is 5.75 Å². The van der Waals surface area contributed by atoms with Gasteiger partial charge in [-0.05, 0) is 45.8 Å². The molecule has 0 radical (unpaired) electrons. The van der Waals surface area contributed by atoms with Gasteiger partial charge in [0.25, 0.3) is 0 Å². The third kappa shape index (κ3) is 2.64. The van der Waals surface area contributed by atoms with Gasteiger partial charge in [-0.2, -0.15) is 13.2 Å². The second-order valence-corrected chi connectivity index (χ2v) is 4.39. The van der Waals surface area contributed by atoms with Crippen molar-refractivity contribution in [1.82, 2.24) is 4.98 Å². The van der Waals surface area contributed by atoms with Crippen molar-refractivity contribution in [2.75, 3.05) is 0 Å². The number of halogens is 4. The molecule has 6 heteroatoms. The zero-order valence-corrected chi connectivity index (χ0v) is 10.5. The van der Waals surface area contributed by atoms with Gasteiger partial charge in [0.05, 0.1) is 0 Å². The number of pyridine rings is 1. The minimum Gasteiger partial charge on any atom is -0.508 e. The van der Waals surface area contributed by atoms with E-state index in [-0.39, 0.29) is 15.9 Å². The third-order valence-electron chi connectivity index (χ3n) is 2.31. The second kappa shape index (κ2) is 4.61. The first-order chi connectivity index (χ1) is 8.38. The molecule has 0 saturated carbocycles. The molecule has 0 unspecified atom stereocenters. The summed E-state index contributed by atoms with van der Waals surface area (Å²) in [6, 6.07) is 8.27. The summed E-state index contributed by atoms with van der Waals surface area (Å²) in [5.41, 5.74) is -0.631. The molecule has 0 fully saturated rings. The summed E-state index contributed by atoms with van der Waals surface area (Å²) in [7, 11) is 0. The van der Waals surface area contributed by atoms with E-state index in [2.05, 4.69) is 20.9 Å². The minimum absolute atomic E-state index is 0.00243. The molecule has 2 rings (SSSR count). The molecule has 94 valence electrons. The topological polar surface area (TPSA) is 33.1 Å². The Balaban J connectivity index is 2.60. The number of hydrogen-bond acceptors (Lipinski definition) is 2. The van der Waals surface area contributed by atoms with Gasteiger partial charge in [-0.3, -0.25) is 0 Å². The summed E-state index contributed by atoms with van der Waals surface area (Å²) < 4.78 is 38.7. The van der Waals surface area contributed by atoms with E-state index >= 15 is 0 Å². The number of benzene rings is 1. The van der Waals surface area contributed by atoms with E-state index < -0.39 is 11.9 Å². The van der Waals surface area contributed by atoms with Gasteiger partial charge >= 0.3 is 6.18 Å². The summed E-state index contributed by atoms with van der Waals surface area (Å²) >= 11 is 2.92. The molecular formula is C12H7BrF3NO. The quantitative estimate of drug-likeness (QED) is 0.798. The van der Waals surface area contributed by atoms with Crippen LogP contribution < -0.4 is 0 Å². The first kappa shape index (κ1) is 12.9. The standard InChI is InChI=1S/C12H7BrF3NO/c13-10-6-5-9(11(17-10)12(14,15)16)7-1-3-8(18)4-2-7/h1-6,18H. The monoisotopic (exact) mass is 317 g/mol. The lowest BCUT2D eigenvalue weighted by molar-refractivity contribution is -0.140. The highest BCUT2D eigenvalue weighted by Crippen LogP contribution is 2.36. The second-order valence-electron chi connectivity index (χ2n) is 3.57. The first-order valence-electron chi connectivity index (χ1n) is 4.91. The number of alkyl halides is 3. The van der Waals surface area contributed by atoms with Crippen molar-refractivity contribution in [3.63, 3.8) is 0 Å². The van der Waals surface area contributed by atoms with Crippen LogP contribution in [0.15, 0.2) is 41.0 Å². The van der Waals surface area contributed by atoms with Crippen LogP contribution in [0, 0.1) is 0 Å². The van der Waals surface area contributed by atoms with Crippen LogP contribution in [0.3, 0.4) is 0 Å². The van der Waals surface area contributed by atoms with Crippen LogP contribution in [-0.4, -0.2) is 10.1 Å². The van der Waals surface area contributed by atoms with Crippen LogP contribution in [0.4, 0.5) is 13.2 Å². The fourth-order valence-electron chi connectivity index (χ4n) is 1.53. The maximum Gasteiger partial charge on any atom is 0.434 e. The van der Waals surface area contributed by atoms with E-state index in [4.69, 9.17) is 5.11 Å². The number of aromatic nitrogens is 1. The van der Waals surface area contributed by atoms with Crippen molar-refractivity contribution >= 4 is 15.9 Å². The SMILES string of the molecule is Oc1ccc(-c2ccc(Br)nc2C(F)(F)F)cc1. The predicted octanol–water partition coefficient (Wildman–Crippen LogP) is 4.24. The van der Waals surface area contributed by atoms with Crippen molar-refractivity contribution < 1.29 is 18.3 Å². The highest BCUT2D eigenvalue weighted by atomic mass is 79.9. The lowest BCUT2D eigenvalue weighted by atomic mass is 10.0. The molecule has 0 atom stereocenters. The Hall–Kier alpha value is -1.56. The summed E-state index contributed by atoms with van der Waals surface area (Å²) in [5, 5.41) is 9.13. The molecular weight excluding hydrogens is 311 g/mol. The molecule has 0 aliphatic rings. The minimum atomic E-state index is -4.53. The van der Waals surface area contributed by atoms with E-state index in [1.165, 1.54) is 36.4 Å². The smallest absolute Gasteiger partial charge is 0.434 e. The predicted molar refractivity (Wildman–Crippen MR) is 64.0 cm³/mol. The summed E-state index contributed by atoms with van der Waals surface area (Å²) in [5.74, 6) is -0.00243. The molecule has 2 aromatic rings. The van der Waals surface area contributed by atoms with Gasteiger partial charge < -0.3 is 5.11 Å². The molecule has 2 nitrogen and oxygen atoms in total. The summed E-state index contributed by atoms with van der Waals surface area (Å²) in [4.78, 5) is 3.47. The van der Waals surface area contributed by atoms with Gasteiger partial charge in [-0.1, -0.05) is 12.1 Å². The first-order valence-corrected chi connectivity index (χ1v) is 5.70. The van der Waals surface area contributed by atoms with Crippen molar-refractivity contribution in [2.24, 2.45) is 0 Å². The van der Waals surface area contributed by atoms with E-state index in [1.807, 2.05) is 0 Å². The molecule has 0 aliphatic carbocycles. The lowest BCUT2D eigenvalue weighted by Crippen LogP contribution is -2.10. The Kier molecular flexibility index (Phi) is 3.30. The molecule has 0 spiro atoms. The van der Waals surface area contributed by atoms with E-state index in [9.17, 15) is 13.2 Å². The highest BCUT2D eigenvalue weighted by Gasteiger charge is 2.35. The van der Waals surface area contributed by atoms with Crippen molar-refractivity contribution in [2.45, 2.75) is 6.18 Å². The Labute approximate surface area is 109 Å². The number of phenols is 1. The number of aromatic hydroxyl groups is 1. The summed E-state index contributed by atoms with van der Waals surface area (Å²) in [6.07, 6.45) is -4.53. The van der Waals surface area contributed by atoms with Gasteiger partial charge in [-0.15, -0.1) is 0 Å². The molecule has 0 bridgehead atoms. The Bertz CT molecular complexity index is 567. The molecule has 1 aromatic carbocycles. The zero-order valence-electron chi connectivity index (χ0n) is 8.87. The normalized spacial score (nSPS) is 11.6. The molecule has 1 N–H and O–H groups in total. The van der Waals surface area contributed by atoms with Crippen molar-refractivity contribution in [3.8, 4) is 16.9 Å². The van der Waals surface area contributed by atoms with Crippen LogP contribution in [-0.2, 0) is 6.18 Å². The number of hydrogen-bond donors (Lipinski definition) is 1.